The first-order valence-corrected chi connectivity index (χ1v) is 8.85. The predicted molar refractivity (Wildman–Crippen MR) is 104 cm³/mol. The highest BCUT2D eigenvalue weighted by atomic mass is 35.5. The van der Waals surface area contributed by atoms with Gasteiger partial charge in [-0.05, 0) is 43.7 Å². The number of benzene rings is 2. The van der Waals surface area contributed by atoms with E-state index in [9.17, 15) is 18.4 Å². The predicted octanol–water partition coefficient (Wildman–Crippen LogP) is 3.72. The summed E-state index contributed by atoms with van der Waals surface area (Å²) in [6, 6.07) is 8.12. The number of rotatable bonds is 5. The second-order valence-corrected chi connectivity index (χ2v) is 6.63. The molecule has 0 aliphatic heterocycles. The van der Waals surface area contributed by atoms with E-state index < -0.39 is 17.5 Å². The number of amides is 2. The van der Waals surface area contributed by atoms with Crippen LogP contribution in [0.4, 0.5) is 20.2 Å². The maximum atomic E-state index is 13.3. The zero-order valence-electron chi connectivity index (χ0n) is 15.5. The summed E-state index contributed by atoms with van der Waals surface area (Å²) in [6.45, 7) is 3.17. The number of anilines is 2. The van der Waals surface area contributed by atoms with E-state index in [4.69, 9.17) is 11.6 Å². The molecule has 10 heteroatoms. The molecule has 2 N–H and O–H groups in total. The van der Waals surface area contributed by atoms with Gasteiger partial charge in [-0.15, -0.1) is 5.10 Å². The van der Waals surface area contributed by atoms with E-state index >= 15 is 0 Å². The first-order chi connectivity index (χ1) is 13.8. The van der Waals surface area contributed by atoms with Crippen molar-refractivity contribution in [2.45, 2.75) is 20.4 Å². The highest BCUT2D eigenvalue weighted by Crippen LogP contribution is 2.23. The van der Waals surface area contributed by atoms with E-state index in [0.717, 1.165) is 17.7 Å². The Labute approximate surface area is 169 Å². The molecule has 1 heterocycles. The first kappa shape index (κ1) is 20.4. The van der Waals surface area contributed by atoms with Crippen molar-refractivity contribution in [2.75, 3.05) is 10.6 Å². The monoisotopic (exact) mass is 419 g/mol. The quantitative estimate of drug-likeness (QED) is 0.659. The zero-order valence-corrected chi connectivity index (χ0v) is 16.2. The van der Waals surface area contributed by atoms with Gasteiger partial charge in [0.2, 0.25) is 5.91 Å². The number of halogens is 3. The molecule has 29 heavy (non-hydrogen) atoms. The number of carbonyl (C=O) groups excluding carboxylic acids is 2. The van der Waals surface area contributed by atoms with Crippen LogP contribution >= 0.6 is 11.6 Å². The summed E-state index contributed by atoms with van der Waals surface area (Å²) in [5.74, 6) is -3.15. The average molecular weight is 420 g/mol. The van der Waals surface area contributed by atoms with Gasteiger partial charge in [0.15, 0.2) is 17.3 Å². The van der Waals surface area contributed by atoms with Crippen LogP contribution in [-0.2, 0) is 11.3 Å². The lowest BCUT2D eigenvalue weighted by Gasteiger charge is -2.10. The molecule has 2 amide bonds. The molecule has 0 fully saturated rings. The largest absolute Gasteiger partial charge is 0.324 e. The Morgan fingerprint density at radius 2 is 1.86 bits per heavy atom. The molecule has 0 atom stereocenters. The summed E-state index contributed by atoms with van der Waals surface area (Å²) in [5.41, 5.74) is 1.66. The summed E-state index contributed by atoms with van der Waals surface area (Å²) < 4.78 is 27.5. The van der Waals surface area contributed by atoms with Gasteiger partial charge in [-0.3, -0.25) is 9.59 Å². The fourth-order valence-electron chi connectivity index (χ4n) is 2.55. The van der Waals surface area contributed by atoms with Gasteiger partial charge in [-0.1, -0.05) is 22.9 Å². The van der Waals surface area contributed by atoms with Gasteiger partial charge in [0, 0.05) is 22.5 Å². The molecule has 3 rings (SSSR count). The Hall–Kier alpha value is -3.33. The van der Waals surface area contributed by atoms with Crippen LogP contribution in [-0.4, -0.2) is 26.8 Å². The Bertz CT molecular complexity index is 1100. The minimum absolute atomic E-state index is 0.0403. The maximum absolute atomic E-state index is 13.3. The van der Waals surface area contributed by atoms with Crippen LogP contribution in [0.3, 0.4) is 0 Å². The molecule has 7 nitrogen and oxygen atoms in total. The Kier molecular flexibility index (Phi) is 5.88. The molecule has 2 aromatic carbocycles. The summed E-state index contributed by atoms with van der Waals surface area (Å²) in [4.78, 5) is 24.7. The number of nitrogens with zero attached hydrogens (tertiary/aromatic N) is 3. The van der Waals surface area contributed by atoms with Crippen molar-refractivity contribution in [1.29, 1.82) is 0 Å². The van der Waals surface area contributed by atoms with E-state index in [1.807, 2.05) is 0 Å². The molecule has 0 saturated carbocycles. The van der Waals surface area contributed by atoms with Crippen LogP contribution in [0, 0.1) is 25.5 Å². The van der Waals surface area contributed by atoms with Crippen LogP contribution < -0.4 is 10.6 Å². The van der Waals surface area contributed by atoms with Crippen molar-refractivity contribution in [1.82, 2.24) is 15.0 Å². The van der Waals surface area contributed by atoms with Crippen LogP contribution in [0.25, 0.3) is 0 Å². The molecule has 0 radical (unpaired) electrons. The molecule has 3 aromatic rings. The van der Waals surface area contributed by atoms with E-state index in [1.54, 1.807) is 32.0 Å². The average Bonchev–Trinajstić information content (AvgIpc) is 3.02. The van der Waals surface area contributed by atoms with Crippen molar-refractivity contribution < 1.29 is 18.4 Å². The fourth-order valence-corrected chi connectivity index (χ4v) is 2.73. The van der Waals surface area contributed by atoms with E-state index in [-0.39, 0.29) is 23.8 Å². The molecule has 0 unspecified atom stereocenters. The smallest absolute Gasteiger partial charge is 0.278 e. The lowest BCUT2D eigenvalue weighted by molar-refractivity contribution is -0.117. The van der Waals surface area contributed by atoms with E-state index in [2.05, 4.69) is 20.9 Å². The third-order valence-corrected chi connectivity index (χ3v) is 4.62. The third-order valence-electron chi connectivity index (χ3n) is 4.21. The Morgan fingerprint density at radius 1 is 1.10 bits per heavy atom. The highest BCUT2D eigenvalue weighted by molar-refractivity contribution is 6.31. The van der Waals surface area contributed by atoms with Crippen LogP contribution in [0.2, 0.25) is 5.02 Å². The molecule has 0 bridgehead atoms. The first-order valence-electron chi connectivity index (χ1n) is 8.47. The normalized spacial score (nSPS) is 10.7. The molecule has 0 aliphatic rings. The lowest BCUT2D eigenvalue weighted by atomic mass is 10.2. The molecular formula is C19H16ClF2N5O2. The molecule has 0 spiro atoms. The summed E-state index contributed by atoms with van der Waals surface area (Å²) >= 11 is 6.04. The Morgan fingerprint density at radius 3 is 2.59 bits per heavy atom. The molecule has 0 saturated heterocycles. The van der Waals surface area contributed by atoms with Crippen molar-refractivity contribution in [2.24, 2.45) is 0 Å². The number of nitrogens with one attached hydrogen (secondary N) is 2. The number of carbonyl (C=O) groups is 2. The SMILES string of the molecule is Cc1c(Cl)cccc1NC(=O)Cn1nnc(C(=O)Nc2ccc(F)c(F)c2)c1C. The minimum Gasteiger partial charge on any atom is -0.324 e. The molecule has 1 aromatic heterocycles. The number of hydrogen-bond acceptors (Lipinski definition) is 4. The number of aromatic nitrogens is 3. The number of hydrogen-bond donors (Lipinski definition) is 2. The van der Waals surface area contributed by atoms with Gasteiger partial charge in [-0.25, -0.2) is 13.5 Å². The molecular weight excluding hydrogens is 404 g/mol. The van der Waals surface area contributed by atoms with Gasteiger partial charge in [0.1, 0.15) is 6.54 Å². The fraction of sp³-hybridized carbons (Fsp3) is 0.158. The highest BCUT2D eigenvalue weighted by Gasteiger charge is 2.19. The standard InChI is InChI=1S/C19H16ClF2N5O2/c1-10-13(20)4-3-5-16(10)24-17(28)9-27-11(2)18(25-26-27)19(29)23-12-6-7-14(21)15(22)8-12/h3-8H,9H2,1-2H3,(H,23,29)(H,24,28). The van der Waals surface area contributed by atoms with Crippen molar-refractivity contribution in [3.63, 3.8) is 0 Å². The van der Waals surface area contributed by atoms with Gasteiger partial charge in [0.25, 0.3) is 5.91 Å². The molecule has 0 aliphatic carbocycles. The van der Waals surface area contributed by atoms with Crippen LogP contribution in [0.15, 0.2) is 36.4 Å². The summed E-state index contributed by atoms with van der Waals surface area (Å²) in [5, 5.41) is 13.3. The van der Waals surface area contributed by atoms with Gasteiger partial charge in [-0.2, -0.15) is 0 Å². The lowest BCUT2D eigenvalue weighted by Crippen LogP contribution is -2.21. The van der Waals surface area contributed by atoms with Gasteiger partial charge in [0.05, 0.1) is 5.69 Å². The second kappa shape index (κ2) is 8.36. The Balaban J connectivity index is 1.69. The van der Waals surface area contributed by atoms with Gasteiger partial charge >= 0.3 is 0 Å². The van der Waals surface area contributed by atoms with E-state index in [0.29, 0.717) is 16.4 Å². The zero-order chi connectivity index (χ0) is 21.1. The van der Waals surface area contributed by atoms with Crippen molar-refractivity contribution >= 4 is 34.8 Å². The van der Waals surface area contributed by atoms with Crippen molar-refractivity contribution in [3.8, 4) is 0 Å². The maximum Gasteiger partial charge on any atom is 0.278 e. The van der Waals surface area contributed by atoms with Crippen molar-refractivity contribution in [3.05, 3.63) is 70.0 Å². The summed E-state index contributed by atoms with van der Waals surface area (Å²) in [6.07, 6.45) is 0. The van der Waals surface area contributed by atoms with E-state index in [1.165, 1.54) is 10.7 Å². The molecule has 150 valence electrons. The summed E-state index contributed by atoms with van der Waals surface area (Å²) in [7, 11) is 0. The van der Waals surface area contributed by atoms with Gasteiger partial charge < -0.3 is 10.6 Å². The van der Waals surface area contributed by atoms with Crippen LogP contribution in [0.1, 0.15) is 21.7 Å². The third kappa shape index (κ3) is 4.57. The van der Waals surface area contributed by atoms with Crippen LogP contribution in [0.5, 0.6) is 0 Å². The second-order valence-electron chi connectivity index (χ2n) is 6.22. The topological polar surface area (TPSA) is 88.9 Å². The minimum atomic E-state index is -1.09.